The van der Waals surface area contributed by atoms with E-state index in [4.69, 9.17) is 15.6 Å². The van der Waals surface area contributed by atoms with E-state index in [0.717, 1.165) is 0 Å². The van der Waals surface area contributed by atoms with Crippen LogP contribution in [0, 0.1) is 5.92 Å². The number of aliphatic hydroxyl groups excluding tert-OH is 2. The zero-order valence-corrected chi connectivity index (χ0v) is 9.35. The van der Waals surface area contributed by atoms with E-state index in [9.17, 15) is 9.90 Å². The molecule has 1 aromatic rings. The zero-order valence-electron chi connectivity index (χ0n) is 9.35. The minimum Gasteiger partial charge on any atom is -0.394 e. The van der Waals surface area contributed by atoms with Gasteiger partial charge in [0.15, 0.2) is 0 Å². The quantitative estimate of drug-likeness (QED) is 0.594. The second-order valence-electron chi connectivity index (χ2n) is 4.14. The largest absolute Gasteiger partial charge is 0.394 e. The summed E-state index contributed by atoms with van der Waals surface area (Å²) in [5.41, 5.74) is 4.85. The maximum absolute atomic E-state index is 11.6. The second kappa shape index (κ2) is 4.44. The molecule has 2 heterocycles. The van der Waals surface area contributed by atoms with Crippen LogP contribution in [0.4, 0.5) is 5.82 Å². The van der Waals surface area contributed by atoms with Crippen molar-refractivity contribution in [3.05, 3.63) is 22.7 Å². The molecule has 17 heavy (non-hydrogen) atoms. The van der Waals surface area contributed by atoms with Gasteiger partial charge in [-0.05, 0) is 6.07 Å². The Morgan fingerprint density at radius 1 is 1.65 bits per heavy atom. The lowest BCUT2D eigenvalue weighted by molar-refractivity contribution is -0.0476. The number of ether oxygens (including phenoxy) is 1. The van der Waals surface area contributed by atoms with Gasteiger partial charge in [0, 0.05) is 12.1 Å². The van der Waals surface area contributed by atoms with Crippen LogP contribution in [-0.4, -0.2) is 38.6 Å². The maximum Gasteiger partial charge on any atom is 0.351 e. The Hall–Kier alpha value is -1.44. The SMILES string of the molecule is C[C@H]1[C@H](O)C(CO)O[C@H]1n1ccc(N)nc1=O. The van der Waals surface area contributed by atoms with Crippen LogP contribution in [0.15, 0.2) is 17.1 Å². The molecule has 7 heteroatoms. The Morgan fingerprint density at radius 3 is 2.88 bits per heavy atom. The van der Waals surface area contributed by atoms with E-state index in [1.54, 1.807) is 6.92 Å². The van der Waals surface area contributed by atoms with Crippen LogP contribution in [-0.2, 0) is 4.74 Å². The molecule has 7 nitrogen and oxygen atoms in total. The summed E-state index contributed by atoms with van der Waals surface area (Å²) >= 11 is 0. The average molecular weight is 241 g/mol. The first-order valence-corrected chi connectivity index (χ1v) is 5.33. The number of nitrogens with two attached hydrogens (primary N) is 1. The molecule has 94 valence electrons. The molecule has 4 N–H and O–H groups in total. The van der Waals surface area contributed by atoms with Gasteiger partial charge in [0.2, 0.25) is 0 Å². The van der Waals surface area contributed by atoms with Crippen LogP contribution in [0.1, 0.15) is 13.2 Å². The van der Waals surface area contributed by atoms with Gasteiger partial charge in [-0.3, -0.25) is 4.57 Å². The summed E-state index contributed by atoms with van der Waals surface area (Å²) in [4.78, 5) is 15.2. The van der Waals surface area contributed by atoms with E-state index in [1.165, 1.54) is 16.8 Å². The fraction of sp³-hybridized carbons (Fsp3) is 0.600. The molecule has 4 atom stereocenters. The molecule has 0 bridgehead atoms. The lowest BCUT2D eigenvalue weighted by atomic mass is 10.0. The zero-order chi connectivity index (χ0) is 12.6. The Labute approximate surface area is 97.5 Å². The number of anilines is 1. The molecule has 0 spiro atoms. The monoisotopic (exact) mass is 241 g/mol. The molecule has 2 rings (SSSR count). The van der Waals surface area contributed by atoms with E-state index in [2.05, 4.69) is 4.98 Å². The summed E-state index contributed by atoms with van der Waals surface area (Å²) in [5.74, 6) is -0.175. The Kier molecular flexibility index (Phi) is 3.14. The molecular weight excluding hydrogens is 226 g/mol. The summed E-state index contributed by atoms with van der Waals surface area (Å²) in [7, 11) is 0. The predicted molar refractivity (Wildman–Crippen MR) is 59.1 cm³/mol. The normalized spacial score (nSPS) is 32.9. The highest BCUT2D eigenvalue weighted by Crippen LogP contribution is 2.33. The summed E-state index contributed by atoms with van der Waals surface area (Å²) in [6.07, 6.45) is -0.658. The molecule has 1 aliphatic heterocycles. The van der Waals surface area contributed by atoms with Crippen molar-refractivity contribution >= 4 is 5.82 Å². The van der Waals surface area contributed by atoms with Gasteiger partial charge in [-0.15, -0.1) is 0 Å². The number of aliphatic hydroxyl groups is 2. The van der Waals surface area contributed by atoms with Gasteiger partial charge >= 0.3 is 5.69 Å². The summed E-state index contributed by atoms with van der Waals surface area (Å²) < 4.78 is 6.69. The smallest absolute Gasteiger partial charge is 0.351 e. The predicted octanol–water partition coefficient (Wildman–Crippen LogP) is -1.29. The third-order valence-electron chi connectivity index (χ3n) is 2.99. The fourth-order valence-electron chi connectivity index (χ4n) is 1.98. The molecule has 1 saturated heterocycles. The van der Waals surface area contributed by atoms with Crippen molar-refractivity contribution in [2.75, 3.05) is 12.3 Å². The first-order valence-electron chi connectivity index (χ1n) is 5.33. The highest BCUT2D eigenvalue weighted by atomic mass is 16.5. The minimum absolute atomic E-state index is 0.135. The van der Waals surface area contributed by atoms with Crippen molar-refractivity contribution in [1.82, 2.24) is 9.55 Å². The van der Waals surface area contributed by atoms with Crippen molar-refractivity contribution in [2.45, 2.75) is 25.4 Å². The van der Waals surface area contributed by atoms with Gasteiger partial charge in [0.05, 0.1) is 12.7 Å². The summed E-state index contributed by atoms with van der Waals surface area (Å²) in [6, 6.07) is 1.48. The highest BCUT2D eigenvalue weighted by Gasteiger charge is 2.41. The number of rotatable bonds is 2. The third-order valence-corrected chi connectivity index (χ3v) is 2.99. The summed E-state index contributed by atoms with van der Waals surface area (Å²) in [5, 5.41) is 18.8. The highest BCUT2D eigenvalue weighted by molar-refractivity contribution is 5.23. The second-order valence-corrected chi connectivity index (χ2v) is 4.14. The molecule has 0 saturated carbocycles. The molecule has 0 amide bonds. The van der Waals surface area contributed by atoms with Gasteiger partial charge in [0.1, 0.15) is 18.1 Å². The van der Waals surface area contributed by atoms with Crippen molar-refractivity contribution in [2.24, 2.45) is 5.92 Å². The van der Waals surface area contributed by atoms with Gasteiger partial charge < -0.3 is 20.7 Å². The first-order chi connectivity index (χ1) is 8.04. The third kappa shape index (κ3) is 2.04. The van der Waals surface area contributed by atoms with Crippen LogP contribution in [0.2, 0.25) is 0 Å². The summed E-state index contributed by atoms with van der Waals surface area (Å²) in [6.45, 7) is 1.45. The molecule has 0 aromatic carbocycles. The average Bonchev–Trinajstić information content (AvgIpc) is 2.57. The maximum atomic E-state index is 11.6. The van der Waals surface area contributed by atoms with Crippen molar-refractivity contribution in [3.8, 4) is 0 Å². The van der Waals surface area contributed by atoms with E-state index in [-0.39, 0.29) is 18.3 Å². The van der Waals surface area contributed by atoms with Crippen LogP contribution in [0.5, 0.6) is 0 Å². The number of nitrogen functional groups attached to an aromatic ring is 1. The van der Waals surface area contributed by atoms with Crippen LogP contribution < -0.4 is 11.4 Å². The van der Waals surface area contributed by atoms with Gasteiger partial charge in [-0.1, -0.05) is 6.92 Å². The Balaban J connectivity index is 2.32. The Bertz CT molecular complexity index is 461. The van der Waals surface area contributed by atoms with E-state index in [1.807, 2.05) is 0 Å². The van der Waals surface area contributed by atoms with Gasteiger partial charge in [-0.2, -0.15) is 4.98 Å². The Morgan fingerprint density at radius 2 is 2.35 bits per heavy atom. The molecular formula is C10H15N3O4. The number of aromatic nitrogens is 2. The lowest BCUT2D eigenvalue weighted by Gasteiger charge is -2.17. The molecule has 0 radical (unpaired) electrons. The van der Waals surface area contributed by atoms with Gasteiger partial charge in [0.25, 0.3) is 0 Å². The van der Waals surface area contributed by atoms with Crippen LogP contribution in [0.3, 0.4) is 0 Å². The first kappa shape index (κ1) is 12.0. The lowest BCUT2D eigenvalue weighted by Crippen LogP contribution is -2.30. The molecule has 1 fully saturated rings. The number of hydrogen-bond acceptors (Lipinski definition) is 6. The van der Waals surface area contributed by atoms with E-state index < -0.39 is 24.1 Å². The van der Waals surface area contributed by atoms with Crippen LogP contribution in [0.25, 0.3) is 0 Å². The van der Waals surface area contributed by atoms with E-state index >= 15 is 0 Å². The topological polar surface area (TPSA) is 111 Å². The molecule has 1 aliphatic rings. The molecule has 1 unspecified atom stereocenters. The fourth-order valence-corrected chi connectivity index (χ4v) is 1.98. The molecule has 0 aliphatic carbocycles. The molecule has 1 aromatic heterocycles. The van der Waals surface area contributed by atoms with Crippen molar-refractivity contribution < 1.29 is 14.9 Å². The number of nitrogens with zero attached hydrogens (tertiary/aromatic N) is 2. The van der Waals surface area contributed by atoms with Crippen LogP contribution >= 0.6 is 0 Å². The van der Waals surface area contributed by atoms with Gasteiger partial charge in [-0.25, -0.2) is 4.79 Å². The van der Waals surface area contributed by atoms with E-state index in [0.29, 0.717) is 0 Å². The van der Waals surface area contributed by atoms with Crippen molar-refractivity contribution in [3.63, 3.8) is 0 Å². The number of hydrogen-bond donors (Lipinski definition) is 3. The standard InChI is InChI=1S/C10H15N3O4/c1-5-8(15)6(4-14)17-9(5)13-3-2-7(11)12-10(13)16/h2-3,5-6,8-9,14-15H,4H2,1H3,(H2,11,12,16)/t5-,6?,8-,9+/m0/s1. The minimum atomic E-state index is -0.811. The van der Waals surface area contributed by atoms with Crippen molar-refractivity contribution in [1.29, 1.82) is 0 Å².